The first kappa shape index (κ1) is 11.5. The molecule has 3 heteroatoms. The molecule has 0 aliphatic heterocycles. The van der Waals surface area contributed by atoms with Gasteiger partial charge in [0.15, 0.2) is 0 Å². The molecule has 0 radical (unpaired) electrons. The SMILES string of the molecule is COc1ccc(O)c(Cc2cccc(F)c2)c1. The minimum absolute atomic E-state index is 0.190. The van der Waals surface area contributed by atoms with Crippen molar-refractivity contribution in [3.63, 3.8) is 0 Å². The van der Waals surface area contributed by atoms with E-state index >= 15 is 0 Å². The molecule has 0 bridgehead atoms. The Balaban J connectivity index is 2.29. The normalized spacial score (nSPS) is 10.2. The second-order valence-corrected chi connectivity index (χ2v) is 3.80. The van der Waals surface area contributed by atoms with E-state index < -0.39 is 0 Å². The Labute approximate surface area is 99.3 Å². The van der Waals surface area contributed by atoms with E-state index in [1.807, 2.05) is 6.07 Å². The van der Waals surface area contributed by atoms with Crippen LogP contribution in [0.15, 0.2) is 42.5 Å². The molecule has 0 aromatic heterocycles. The van der Waals surface area contributed by atoms with Crippen molar-refractivity contribution in [1.29, 1.82) is 0 Å². The molecule has 0 aliphatic rings. The molecule has 0 saturated heterocycles. The van der Waals surface area contributed by atoms with Crippen molar-refractivity contribution in [3.05, 3.63) is 59.4 Å². The Morgan fingerprint density at radius 2 is 2.00 bits per heavy atom. The summed E-state index contributed by atoms with van der Waals surface area (Å²) in [6.07, 6.45) is 0.473. The van der Waals surface area contributed by atoms with Crippen LogP contribution in [0.25, 0.3) is 0 Å². The number of halogens is 1. The van der Waals surface area contributed by atoms with E-state index in [0.717, 1.165) is 11.1 Å². The highest BCUT2D eigenvalue weighted by Gasteiger charge is 2.05. The summed E-state index contributed by atoms with van der Waals surface area (Å²) < 4.78 is 18.1. The zero-order valence-electron chi connectivity index (χ0n) is 9.48. The summed E-state index contributed by atoms with van der Waals surface area (Å²) in [4.78, 5) is 0. The molecule has 17 heavy (non-hydrogen) atoms. The second-order valence-electron chi connectivity index (χ2n) is 3.80. The average molecular weight is 232 g/mol. The summed E-state index contributed by atoms with van der Waals surface area (Å²) in [5, 5.41) is 9.71. The fraction of sp³-hybridized carbons (Fsp3) is 0.143. The molecule has 0 saturated carbocycles. The molecule has 0 spiro atoms. The average Bonchev–Trinajstić information content (AvgIpc) is 2.32. The molecule has 0 aliphatic carbocycles. The first-order chi connectivity index (χ1) is 8.19. The lowest BCUT2D eigenvalue weighted by molar-refractivity contribution is 0.411. The summed E-state index contributed by atoms with van der Waals surface area (Å²) in [5.74, 6) is 0.592. The van der Waals surface area contributed by atoms with Crippen molar-refractivity contribution in [2.24, 2.45) is 0 Å². The van der Waals surface area contributed by atoms with E-state index in [0.29, 0.717) is 12.2 Å². The molecular formula is C14H13FO2. The number of rotatable bonds is 3. The van der Waals surface area contributed by atoms with E-state index in [9.17, 15) is 9.50 Å². The maximum atomic E-state index is 13.0. The molecule has 88 valence electrons. The van der Waals surface area contributed by atoms with Gasteiger partial charge < -0.3 is 9.84 Å². The quantitative estimate of drug-likeness (QED) is 0.881. The number of phenols is 1. The van der Waals surface area contributed by atoms with Crippen molar-refractivity contribution < 1.29 is 14.2 Å². The van der Waals surface area contributed by atoms with Crippen LogP contribution < -0.4 is 4.74 Å². The molecule has 0 unspecified atom stereocenters. The zero-order chi connectivity index (χ0) is 12.3. The predicted molar refractivity (Wildman–Crippen MR) is 63.9 cm³/mol. The van der Waals surface area contributed by atoms with Crippen LogP contribution in [0.5, 0.6) is 11.5 Å². The largest absolute Gasteiger partial charge is 0.508 e. The Morgan fingerprint density at radius 3 is 2.71 bits per heavy atom. The maximum absolute atomic E-state index is 13.0. The summed E-state index contributed by atoms with van der Waals surface area (Å²) >= 11 is 0. The van der Waals surface area contributed by atoms with E-state index in [-0.39, 0.29) is 11.6 Å². The molecule has 2 aromatic rings. The summed E-state index contributed by atoms with van der Waals surface area (Å²) in [7, 11) is 1.57. The third-order valence-corrected chi connectivity index (χ3v) is 2.57. The zero-order valence-corrected chi connectivity index (χ0v) is 9.48. The smallest absolute Gasteiger partial charge is 0.123 e. The van der Waals surface area contributed by atoms with Gasteiger partial charge in [0.2, 0.25) is 0 Å². The van der Waals surface area contributed by atoms with Crippen molar-refractivity contribution >= 4 is 0 Å². The number of hydrogen-bond acceptors (Lipinski definition) is 2. The van der Waals surface area contributed by atoms with E-state index in [1.165, 1.54) is 12.1 Å². The van der Waals surface area contributed by atoms with E-state index in [2.05, 4.69) is 0 Å². The molecule has 0 fully saturated rings. The summed E-state index contributed by atoms with van der Waals surface area (Å²) in [6.45, 7) is 0. The van der Waals surface area contributed by atoms with Gasteiger partial charge in [0.05, 0.1) is 7.11 Å². The maximum Gasteiger partial charge on any atom is 0.123 e. The van der Waals surface area contributed by atoms with Gasteiger partial charge in [-0.15, -0.1) is 0 Å². The lowest BCUT2D eigenvalue weighted by atomic mass is 10.0. The van der Waals surface area contributed by atoms with E-state index in [1.54, 1.807) is 31.4 Å². The minimum Gasteiger partial charge on any atom is -0.508 e. The Bertz CT molecular complexity index is 523. The molecule has 2 nitrogen and oxygen atoms in total. The number of methoxy groups -OCH3 is 1. The van der Waals surface area contributed by atoms with Crippen molar-refractivity contribution in [2.75, 3.05) is 7.11 Å². The third kappa shape index (κ3) is 2.75. The van der Waals surface area contributed by atoms with Gasteiger partial charge in [0, 0.05) is 12.0 Å². The fourth-order valence-corrected chi connectivity index (χ4v) is 1.70. The number of benzene rings is 2. The Kier molecular flexibility index (Phi) is 3.28. The lowest BCUT2D eigenvalue weighted by Crippen LogP contribution is -1.91. The first-order valence-corrected chi connectivity index (χ1v) is 5.29. The lowest BCUT2D eigenvalue weighted by Gasteiger charge is -2.07. The number of aromatic hydroxyl groups is 1. The first-order valence-electron chi connectivity index (χ1n) is 5.29. The molecule has 2 aromatic carbocycles. The molecule has 0 amide bonds. The predicted octanol–water partition coefficient (Wildman–Crippen LogP) is 3.13. The van der Waals surface area contributed by atoms with Gasteiger partial charge in [-0.05, 0) is 35.9 Å². The monoisotopic (exact) mass is 232 g/mol. The van der Waals surface area contributed by atoms with Crippen LogP contribution in [0.1, 0.15) is 11.1 Å². The Morgan fingerprint density at radius 1 is 1.18 bits per heavy atom. The second kappa shape index (κ2) is 4.87. The van der Waals surface area contributed by atoms with Crippen molar-refractivity contribution in [3.8, 4) is 11.5 Å². The highest BCUT2D eigenvalue weighted by Crippen LogP contribution is 2.25. The highest BCUT2D eigenvalue weighted by molar-refractivity contribution is 5.42. The van der Waals surface area contributed by atoms with Gasteiger partial charge in [0.25, 0.3) is 0 Å². The van der Waals surface area contributed by atoms with Gasteiger partial charge in [-0.1, -0.05) is 12.1 Å². The molecule has 0 atom stereocenters. The van der Waals surface area contributed by atoms with Gasteiger partial charge in [-0.2, -0.15) is 0 Å². The van der Waals surface area contributed by atoms with Gasteiger partial charge >= 0.3 is 0 Å². The molecule has 0 heterocycles. The summed E-state index contributed by atoms with van der Waals surface area (Å²) in [6, 6.07) is 11.3. The minimum atomic E-state index is -0.273. The highest BCUT2D eigenvalue weighted by atomic mass is 19.1. The van der Waals surface area contributed by atoms with Crippen molar-refractivity contribution in [2.45, 2.75) is 6.42 Å². The van der Waals surface area contributed by atoms with Crippen LogP contribution in [0.4, 0.5) is 4.39 Å². The van der Waals surface area contributed by atoms with E-state index in [4.69, 9.17) is 4.74 Å². The molecule has 1 N–H and O–H groups in total. The Hall–Kier alpha value is -2.03. The van der Waals surface area contributed by atoms with Crippen LogP contribution >= 0.6 is 0 Å². The van der Waals surface area contributed by atoms with Crippen LogP contribution in [-0.4, -0.2) is 12.2 Å². The number of ether oxygens (including phenoxy) is 1. The number of phenolic OH excluding ortho intramolecular Hbond substituents is 1. The topological polar surface area (TPSA) is 29.5 Å². The third-order valence-electron chi connectivity index (χ3n) is 2.57. The molecule has 2 rings (SSSR count). The van der Waals surface area contributed by atoms with Crippen molar-refractivity contribution in [1.82, 2.24) is 0 Å². The van der Waals surface area contributed by atoms with Gasteiger partial charge in [0.1, 0.15) is 17.3 Å². The van der Waals surface area contributed by atoms with Crippen LogP contribution in [-0.2, 0) is 6.42 Å². The summed E-state index contributed by atoms with van der Waals surface area (Å²) in [5.41, 5.74) is 1.53. The molecular weight excluding hydrogens is 219 g/mol. The van der Waals surface area contributed by atoms with Crippen LogP contribution in [0.2, 0.25) is 0 Å². The van der Waals surface area contributed by atoms with Crippen LogP contribution in [0, 0.1) is 5.82 Å². The fourth-order valence-electron chi connectivity index (χ4n) is 1.70. The van der Waals surface area contributed by atoms with Gasteiger partial charge in [-0.25, -0.2) is 4.39 Å². The standard InChI is InChI=1S/C14H13FO2/c1-17-13-5-6-14(16)11(9-13)7-10-3-2-4-12(15)8-10/h2-6,8-9,16H,7H2,1H3. The van der Waals surface area contributed by atoms with Crippen LogP contribution in [0.3, 0.4) is 0 Å². The van der Waals surface area contributed by atoms with Gasteiger partial charge in [-0.3, -0.25) is 0 Å². The number of hydrogen-bond donors (Lipinski definition) is 1.